The van der Waals surface area contributed by atoms with E-state index in [4.69, 9.17) is 4.52 Å². The molecule has 0 fully saturated rings. The molecule has 6 heteroatoms. The van der Waals surface area contributed by atoms with Gasteiger partial charge in [-0.05, 0) is 64.8 Å². The number of carbonyl (C=O) groups is 1. The lowest BCUT2D eigenvalue weighted by Gasteiger charge is -2.11. The first-order valence-electron chi connectivity index (χ1n) is 7.26. The van der Waals surface area contributed by atoms with Gasteiger partial charge in [0.15, 0.2) is 11.5 Å². The van der Waals surface area contributed by atoms with Crippen molar-refractivity contribution in [1.82, 2.24) is 5.16 Å². The van der Waals surface area contributed by atoms with Gasteiger partial charge < -0.3 is 9.84 Å². The molecule has 0 atom stereocenters. The first kappa shape index (κ1) is 14.7. The highest BCUT2D eigenvalue weighted by Gasteiger charge is 2.28. The van der Waals surface area contributed by atoms with Gasteiger partial charge in [0.05, 0.1) is 5.69 Å². The van der Waals surface area contributed by atoms with Crippen molar-refractivity contribution < 1.29 is 9.32 Å². The van der Waals surface area contributed by atoms with Gasteiger partial charge in [-0.2, -0.15) is 0 Å². The summed E-state index contributed by atoms with van der Waals surface area (Å²) < 4.78 is 6.31. The summed E-state index contributed by atoms with van der Waals surface area (Å²) in [5.74, 6) is 0.499. The van der Waals surface area contributed by atoms with Crippen LogP contribution in [0.25, 0.3) is 11.3 Å². The molecule has 1 N–H and O–H groups in total. The minimum absolute atomic E-state index is 0.238. The summed E-state index contributed by atoms with van der Waals surface area (Å²) in [6.07, 6.45) is 1.71. The predicted octanol–water partition coefficient (Wildman–Crippen LogP) is 4.82. The molecule has 0 aliphatic heterocycles. The Labute approximate surface area is 145 Å². The summed E-state index contributed by atoms with van der Waals surface area (Å²) in [4.78, 5) is 13.9. The number of anilines is 1. The van der Waals surface area contributed by atoms with Crippen molar-refractivity contribution >= 4 is 38.9 Å². The number of hydrogen-bond acceptors (Lipinski definition) is 4. The Morgan fingerprint density at radius 2 is 2.22 bits per heavy atom. The van der Waals surface area contributed by atoms with Crippen molar-refractivity contribution in [3.8, 4) is 11.3 Å². The van der Waals surface area contributed by atoms with Crippen LogP contribution in [0.4, 0.5) is 5.69 Å². The van der Waals surface area contributed by atoms with E-state index in [1.54, 1.807) is 11.3 Å². The maximum Gasteiger partial charge on any atom is 0.278 e. The number of amides is 1. The largest absolute Gasteiger partial charge is 0.355 e. The first-order chi connectivity index (χ1) is 11.1. The number of nitrogens with zero attached hydrogens (tertiary/aromatic N) is 1. The maximum atomic E-state index is 12.6. The third-order valence-corrected chi connectivity index (χ3v) is 5.60. The number of carbonyl (C=O) groups excluding carboxylic acids is 1. The molecule has 0 radical (unpaired) electrons. The second-order valence-corrected chi connectivity index (χ2v) is 7.39. The fourth-order valence-corrected chi connectivity index (χ4v) is 4.28. The number of nitrogens with one attached hydrogen (secondary N) is 1. The van der Waals surface area contributed by atoms with Crippen LogP contribution in [-0.4, -0.2) is 11.1 Å². The summed E-state index contributed by atoms with van der Waals surface area (Å²) in [5.41, 5.74) is 4.20. The molecular weight excluding hydrogens is 376 g/mol. The van der Waals surface area contributed by atoms with Crippen LogP contribution in [0.1, 0.15) is 26.5 Å². The van der Waals surface area contributed by atoms with Crippen molar-refractivity contribution in [2.75, 3.05) is 5.32 Å². The van der Waals surface area contributed by atoms with E-state index in [2.05, 4.69) is 26.4 Å². The highest BCUT2D eigenvalue weighted by molar-refractivity contribution is 9.10. The Morgan fingerprint density at radius 3 is 3.04 bits per heavy atom. The lowest BCUT2D eigenvalue weighted by Crippen LogP contribution is -2.15. The van der Waals surface area contributed by atoms with Gasteiger partial charge in [-0.25, -0.2) is 0 Å². The van der Waals surface area contributed by atoms with Crippen LogP contribution in [-0.2, 0) is 12.8 Å². The van der Waals surface area contributed by atoms with Crippen LogP contribution in [0.5, 0.6) is 0 Å². The first-order valence-corrected chi connectivity index (χ1v) is 8.93. The SMILES string of the molecule is Cc1ccc(NC(=O)c2noc3c2CCc2sccc2-3)c(Br)c1. The van der Waals surface area contributed by atoms with Crippen LogP contribution in [0.2, 0.25) is 0 Å². The fourth-order valence-electron chi connectivity index (χ4n) is 2.81. The Balaban J connectivity index is 1.66. The molecular formula is C17H13BrN2O2S. The molecule has 1 amide bonds. The standard InChI is InChI=1S/C17H13BrN2O2S/c1-9-2-4-13(12(18)8-9)19-17(21)15-11-3-5-14-10(6-7-23-14)16(11)22-20-15/h2,4,6-8H,3,5H2,1H3,(H,19,21). The van der Waals surface area contributed by atoms with Gasteiger partial charge in [-0.15, -0.1) is 11.3 Å². The number of fused-ring (bicyclic) bond motifs is 3. The van der Waals surface area contributed by atoms with E-state index in [0.29, 0.717) is 5.69 Å². The quantitative estimate of drug-likeness (QED) is 0.684. The molecule has 4 rings (SSSR count). The Kier molecular flexibility index (Phi) is 3.58. The van der Waals surface area contributed by atoms with Crippen LogP contribution < -0.4 is 5.32 Å². The van der Waals surface area contributed by atoms with Crippen molar-refractivity contribution in [3.63, 3.8) is 0 Å². The lowest BCUT2D eigenvalue weighted by molar-refractivity contribution is 0.101. The van der Waals surface area contributed by atoms with E-state index in [9.17, 15) is 4.79 Å². The zero-order valence-electron chi connectivity index (χ0n) is 12.4. The van der Waals surface area contributed by atoms with E-state index < -0.39 is 0 Å². The number of aromatic nitrogens is 1. The van der Waals surface area contributed by atoms with E-state index in [1.165, 1.54) is 4.88 Å². The van der Waals surface area contributed by atoms with Crippen LogP contribution in [0, 0.1) is 6.92 Å². The number of thiophene rings is 1. The second-order valence-electron chi connectivity index (χ2n) is 5.53. The molecule has 0 bridgehead atoms. The van der Waals surface area contributed by atoms with E-state index in [0.717, 1.165) is 45.5 Å². The van der Waals surface area contributed by atoms with Gasteiger partial charge >= 0.3 is 0 Å². The third-order valence-electron chi connectivity index (χ3n) is 3.97. The van der Waals surface area contributed by atoms with E-state index in [-0.39, 0.29) is 5.91 Å². The molecule has 2 aromatic heterocycles. The number of halogens is 1. The molecule has 0 unspecified atom stereocenters. The van der Waals surface area contributed by atoms with E-state index in [1.807, 2.05) is 36.6 Å². The summed E-state index contributed by atoms with van der Waals surface area (Å²) >= 11 is 5.19. The molecule has 2 heterocycles. The summed E-state index contributed by atoms with van der Waals surface area (Å²) in [6.45, 7) is 2.00. The van der Waals surface area contributed by atoms with E-state index >= 15 is 0 Å². The smallest absolute Gasteiger partial charge is 0.278 e. The maximum absolute atomic E-state index is 12.6. The van der Waals surface area contributed by atoms with Gasteiger partial charge in [0.2, 0.25) is 0 Å². The minimum Gasteiger partial charge on any atom is -0.355 e. The molecule has 1 aromatic carbocycles. The van der Waals surface area contributed by atoms with Crippen LogP contribution in [0.15, 0.2) is 38.6 Å². The minimum atomic E-state index is -0.238. The number of rotatable bonds is 2. The average molecular weight is 389 g/mol. The van der Waals surface area contributed by atoms with Gasteiger partial charge in [-0.3, -0.25) is 4.79 Å². The molecule has 4 nitrogen and oxygen atoms in total. The molecule has 0 saturated heterocycles. The molecule has 3 aromatic rings. The Hall–Kier alpha value is -1.92. The fraction of sp³-hybridized carbons (Fsp3) is 0.176. The molecule has 0 saturated carbocycles. The Morgan fingerprint density at radius 1 is 1.35 bits per heavy atom. The van der Waals surface area contributed by atoms with Gasteiger partial charge in [0.1, 0.15) is 0 Å². The van der Waals surface area contributed by atoms with Crippen molar-refractivity contribution in [1.29, 1.82) is 0 Å². The lowest BCUT2D eigenvalue weighted by atomic mass is 9.95. The monoisotopic (exact) mass is 388 g/mol. The van der Waals surface area contributed by atoms with Gasteiger partial charge in [0, 0.05) is 20.5 Å². The number of aryl methyl sites for hydroxylation is 2. The summed E-state index contributed by atoms with van der Waals surface area (Å²) in [7, 11) is 0. The zero-order chi connectivity index (χ0) is 16.0. The topological polar surface area (TPSA) is 55.1 Å². The van der Waals surface area contributed by atoms with Crippen molar-refractivity contribution in [2.24, 2.45) is 0 Å². The molecule has 23 heavy (non-hydrogen) atoms. The van der Waals surface area contributed by atoms with Crippen molar-refractivity contribution in [3.05, 3.63) is 55.8 Å². The molecule has 0 spiro atoms. The average Bonchev–Trinajstić information content (AvgIpc) is 3.14. The highest BCUT2D eigenvalue weighted by atomic mass is 79.9. The van der Waals surface area contributed by atoms with Gasteiger partial charge in [0.25, 0.3) is 5.91 Å². The van der Waals surface area contributed by atoms with Gasteiger partial charge in [-0.1, -0.05) is 11.2 Å². The van der Waals surface area contributed by atoms with Crippen LogP contribution >= 0.6 is 27.3 Å². The Bertz CT molecular complexity index is 913. The number of benzene rings is 1. The zero-order valence-corrected chi connectivity index (χ0v) is 14.8. The predicted molar refractivity (Wildman–Crippen MR) is 94.1 cm³/mol. The molecule has 1 aliphatic rings. The normalized spacial score (nSPS) is 12.6. The van der Waals surface area contributed by atoms with Crippen molar-refractivity contribution in [2.45, 2.75) is 19.8 Å². The summed E-state index contributed by atoms with van der Waals surface area (Å²) in [6, 6.07) is 7.82. The third kappa shape index (κ3) is 2.52. The molecule has 1 aliphatic carbocycles. The number of hydrogen-bond donors (Lipinski definition) is 1. The second kappa shape index (κ2) is 5.62. The highest BCUT2D eigenvalue weighted by Crippen LogP contribution is 2.38. The van der Waals surface area contributed by atoms with Crippen LogP contribution in [0.3, 0.4) is 0 Å². The molecule has 116 valence electrons. The summed E-state index contributed by atoms with van der Waals surface area (Å²) in [5, 5.41) is 8.97.